The number of thiazole rings is 1. The van der Waals surface area contributed by atoms with Crippen LogP contribution in [0.1, 0.15) is 0 Å². The van der Waals surface area contributed by atoms with Crippen molar-refractivity contribution in [2.24, 2.45) is 0 Å². The summed E-state index contributed by atoms with van der Waals surface area (Å²) in [6.07, 6.45) is 1.72. The third-order valence-corrected chi connectivity index (χ3v) is 5.47. The first-order valence-corrected chi connectivity index (χ1v) is 8.11. The molecule has 2 N–H and O–H groups in total. The SMILES string of the molecule is Nc1cnc2ccccc2c1Sc1nc2ccccc2s1. The predicted octanol–water partition coefficient (Wildman–Crippen LogP) is 4.58. The average Bonchev–Trinajstić information content (AvgIpc) is 2.92. The molecule has 2 heterocycles. The monoisotopic (exact) mass is 309 g/mol. The first-order valence-electron chi connectivity index (χ1n) is 6.48. The molecule has 0 atom stereocenters. The zero-order valence-electron chi connectivity index (χ0n) is 11.0. The Morgan fingerprint density at radius 3 is 2.57 bits per heavy atom. The maximum atomic E-state index is 6.12. The first kappa shape index (κ1) is 12.6. The summed E-state index contributed by atoms with van der Waals surface area (Å²) in [5.41, 5.74) is 8.80. The van der Waals surface area contributed by atoms with E-state index in [2.05, 4.69) is 16.0 Å². The van der Waals surface area contributed by atoms with Gasteiger partial charge in [0.25, 0.3) is 0 Å². The molecule has 102 valence electrons. The van der Waals surface area contributed by atoms with E-state index in [1.807, 2.05) is 42.5 Å². The molecule has 4 rings (SSSR count). The lowest BCUT2D eigenvalue weighted by Crippen LogP contribution is -1.92. The standard InChI is InChI=1S/C16H11N3S2/c17-11-9-18-12-6-2-1-5-10(12)15(11)21-16-19-13-7-3-4-8-14(13)20-16/h1-9H,17H2. The van der Waals surface area contributed by atoms with E-state index in [9.17, 15) is 0 Å². The molecule has 0 aliphatic rings. The molecule has 0 bridgehead atoms. The number of anilines is 1. The van der Waals surface area contributed by atoms with Gasteiger partial charge in [-0.25, -0.2) is 4.98 Å². The minimum Gasteiger partial charge on any atom is -0.397 e. The van der Waals surface area contributed by atoms with Crippen LogP contribution in [0.4, 0.5) is 5.69 Å². The van der Waals surface area contributed by atoms with Crippen LogP contribution in [0, 0.1) is 0 Å². The molecule has 0 saturated heterocycles. The normalized spacial score (nSPS) is 11.2. The van der Waals surface area contributed by atoms with Crippen LogP contribution in [-0.4, -0.2) is 9.97 Å². The Kier molecular flexibility index (Phi) is 3.02. The summed E-state index contributed by atoms with van der Waals surface area (Å²) in [6, 6.07) is 16.2. The van der Waals surface area contributed by atoms with Crippen LogP contribution in [0.25, 0.3) is 21.1 Å². The number of para-hydroxylation sites is 2. The summed E-state index contributed by atoms with van der Waals surface area (Å²) in [4.78, 5) is 10.1. The minimum absolute atomic E-state index is 0.693. The summed E-state index contributed by atoms with van der Waals surface area (Å²) in [6.45, 7) is 0. The lowest BCUT2D eigenvalue weighted by Gasteiger charge is -2.06. The zero-order chi connectivity index (χ0) is 14.2. The number of hydrogen-bond acceptors (Lipinski definition) is 5. The van der Waals surface area contributed by atoms with Crippen LogP contribution < -0.4 is 5.73 Å². The molecule has 0 aliphatic carbocycles. The number of nitrogens with two attached hydrogens (primary N) is 1. The summed E-state index contributed by atoms with van der Waals surface area (Å²) in [5, 5.41) is 1.07. The summed E-state index contributed by atoms with van der Waals surface area (Å²) in [5.74, 6) is 0. The average molecular weight is 309 g/mol. The summed E-state index contributed by atoms with van der Waals surface area (Å²) >= 11 is 3.30. The number of pyridine rings is 1. The largest absolute Gasteiger partial charge is 0.397 e. The Balaban J connectivity index is 1.85. The fourth-order valence-electron chi connectivity index (χ4n) is 2.23. The molecular weight excluding hydrogens is 298 g/mol. The molecule has 3 nitrogen and oxygen atoms in total. The number of fused-ring (bicyclic) bond motifs is 2. The second kappa shape index (κ2) is 5.02. The number of rotatable bonds is 2. The molecule has 5 heteroatoms. The molecule has 0 aliphatic heterocycles. The van der Waals surface area contributed by atoms with E-state index in [1.165, 1.54) is 4.70 Å². The highest BCUT2D eigenvalue weighted by Crippen LogP contribution is 2.40. The Morgan fingerprint density at radius 1 is 0.952 bits per heavy atom. The summed E-state index contributed by atoms with van der Waals surface area (Å²) < 4.78 is 2.19. The number of hydrogen-bond donors (Lipinski definition) is 1. The molecule has 2 aromatic carbocycles. The Labute approximate surface area is 129 Å². The Hall–Kier alpha value is -2.11. The van der Waals surface area contributed by atoms with E-state index in [0.29, 0.717) is 5.69 Å². The third-order valence-electron chi connectivity index (χ3n) is 3.22. The molecule has 0 spiro atoms. The van der Waals surface area contributed by atoms with E-state index in [4.69, 9.17) is 5.73 Å². The van der Waals surface area contributed by atoms with Gasteiger partial charge in [-0.2, -0.15) is 0 Å². The molecule has 4 aromatic rings. The van der Waals surface area contributed by atoms with Gasteiger partial charge in [-0.05, 0) is 18.2 Å². The Bertz CT molecular complexity index is 913. The van der Waals surface area contributed by atoms with Crippen molar-refractivity contribution in [1.82, 2.24) is 9.97 Å². The molecule has 0 saturated carbocycles. The minimum atomic E-state index is 0.693. The molecule has 21 heavy (non-hydrogen) atoms. The van der Waals surface area contributed by atoms with Crippen molar-refractivity contribution in [3.8, 4) is 0 Å². The second-order valence-electron chi connectivity index (χ2n) is 4.61. The van der Waals surface area contributed by atoms with Crippen LogP contribution in [0.15, 0.2) is 64.0 Å². The highest BCUT2D eigenvalue weighted by molar-refractivity contribution is 8.01. The number of benzene rings is 2. The van der Waals surface area contributed by atoms with Crippen LogP contribution in [0.2, 0.25) is 0 Å². The van der Waals surface area contributed by atoms with Crippen LogP contribution in [0.5, 0.6) is 0 Å². The van der Waals surface area contributed by atoms with Crippen LogP contribution in [0.3, 0.4) is 0 Å². The van der Waals surface area contributed by atoms with Gasteiger partial charge < -0.3 is 5.73 Å². The lowest BCUT2D eigenvalue weighted by atomic mass is 10.2. The lowest BCUT2D eigenvalue weighted by molar-refractivity contribution is 1.29. The van der Waals surface area contributed by atoms with Crippen molar-refractivity contribution < 1.29 is 0 Å². The maximum Gasteiger partial charge on any atom is 0.156 e. The highest BCUT2D eigenvalue weighted by atomic mass is 32.2. The van der Waals surface area contributed by atoms with Gasteiger partial charge in [0.1, 0.15) is 0 Å². The number of nitrogen functional groups attached to an aromatic ring is 1. The first-order chi connectivity index (χ1) is 10.3. The molecule has 0 unspecified atom stereocenters. The molecular formula is C16H11N3S2. The number of aromatic nitrogens is 2. The van der Waals surface area contributed by atoms with E-state index in [1.54, 1.807) is 29.3 Å². The van der Waals surface area contributed by atoms with E-state index in [0.717, 1.165) is 25.7 Å². The maximum absolute atomic E-state index is 6.12. The van der Waals surface area contributed by atoms with Crippen molar-refractivity contribution in [3.63, 3.8) is 0 Å². The quantitative estimate of drug-likeness (QED) is 0.589. The van der Waals surface area contributed by atoms with Gasteiger partial charge in [0.2, 0.25) is 0 Å². The van der Waals surface area contributed by atoms with Gasteiger partial charge in [-0.1, -0.05) is 42.1 Å². The topological polar surface area (TPSA) is 51.8 Å². The van der Waals surface area contributed by atoms with Crippen molar-refractivity contribution >= 4 is 49.9 Å². The van der Waals surface area contributed by atoms with Gasteiger partial charge in [0, 0.05) is 10.3 Å². The fourth-order valence-corrected chi connectivity index (χ4v) is 4.38. The number of nitrogens with zero attached hydrogens (tertiary/aromatic N) is 2. The zero-order valence-corrected chi connectivity index (χ0v) is 12.6. The van der Waals surface area contributed by atoms with Gasteiger partial charge >= 0.3 is 0 Å². The van der Waals surface area contributed by atoms with Crippen LogP contribution in [-0.2, 0) is 0 Å². The third kappa shape index (κ3) is 2.24. The highest BCUT2D eigenvalue weighted by Gasteiger charge is 2.11. The van der Waals surface area contributed by atoms with Crippen molar-refractivity contribution in [3.05, 3.63) is 54.7 Å². The molecule has 0 amide bonds. The molecule has 0 radical (unpaired) electrons. The van der Waals surface area contributed by atoms with E-state index >= 15 is 0 Å². The summed E-state index contributed by atoms with van der Waals surface area (Å²) in [7, 11) is 0. The molecule has 0 fully saturated rings. The second-order valence-corrected chi connectivity index (χ2v) is 6.90. The van der Waals surface area contributed by atoms with Crippen LogP contribution >= 0.6 is 23.1 Å². The smallest absolute Gasteiger partial charge is 0.156 e. The van der Waals surface area contributed by atoms with Crippen molar-refractivity contribution in [1.29, 1.82) is 0 Å². The molecule has 2 aromatic heterocycles. The fraction of sp³-hybridized carbons (Fsp3) is 0. The van der Waals surface area contributed by atoms with Gasteiger partial charge in [0.05, 0.1) is 27.6 Å². The van der Waals surface area contributed by atoms with Gasteiger partial charge in [0.15, 0.2) is 4.34 Å². The van der Waals surface area contributed by atoms with E-state index in [-0.39, 0.29) is 0 Å². The van der Waals surface area contributed by atoms with Crippen molar-refractivity contribution in [2.75, 3.05) is 5.73 Å². The van der Waals surface area contributed by atoms with E-state index < -0.39 is 0 Å². The Morgan fingerprint density at radius 2 is 1.71 bits per heavy atom. The van der Waals surface area contributed by atoms with Crippen molar-refractivity contribution in [2.45, 2.75) is 9.24 Å². The van der Waals surface area contributed by atoms with Gasteiger partial charge in [-0.15, -0.1) is 11.3 Å². The van der Waals surface area contributed by atoms with Gasteiger partial charge in [-0.3, -0.25) is 4.98 Å². The predicted molar refractivity (Wildman–Crippen MR) is 89.9 cm³/mol.